The molecule has 0 heterocycles. The average molecular weight is 302 g/mol. The van der Waals surface area contributed by atoms with E-state index in [0.29, 0.717) is 12.1 Å². The van der Waals surface area contributed by atoms with Crippen molar-refractivity contribution in [3.05, 3.63) is 39.4 Å². The fraction of sp³-hybridized carbons (Fsp3) is 0.333. The second-order valence-corrected chi connectivity index (χ2v) is 4.45. The topological polar surface area (TPSA) is 110 Å². The lowest BCUT2D eigenvalue weighted by Crippen LogP contribution is -2.29. The van der Waals surface area contributed by atoms with Crippen molar-refractivity contribution in [3.63, 3.8) is 0 Å². The number of amides is 1. The van der Waals surface area contributed by atoms with Crippen LogP contribution in [-0.2, 0) is 4.79 Å². The maximum absolute atomic E-state index is 13.1. The largest absolute Gasteiger partial charge is 0.481 e. The number of nitro groups is 1. The summed E-state index contributed by atoms with van der Waals surface area (Å²) in [5.74, 6) is -5.27. The third-order valence-electron chi connectivity index (χ3n) is 2.61. The molecule has 1 aromatic carbocycles. The van der Waals surface area contributed by atoms with Crippen LogP contribution in [0.4, 0.5) is 14.5 Å². The van der Waals surface area contributed by atoms with E-state index in [1.165, 1.54) is 0 Å². The maximum Gasteiger partial charge on any atom is 0.303 e. The summed E-state index contributed by atoms with van der Waals surface area (Å²) in [5.41, 5.74) is -1.49. The summed E-state index contributed by atoms with van der Waals surface area (Å²) >= 11 is 0. The summed E-state index contributed by atoms with van der Waals surface area (Å²) in [6.45, 7) is 1.48. The van der Waals surface area contributed by atoms with Crippen molar-refractivity contribution in [2.45, 2.75) is 13.3 Å². The van der Waals surface area contributed by atoms with Gasteiger partial charge in [-0.3, -0.25) is 19.7 Å². The molecule has 1 rings (SSSR count). The normalized spacial score (nSPS) is 11.8. The molecule has 0 aromatic heterocycles. The number of hydrogen-bond acceptors (Lipinski definition) is 4. The zero-order valence-electron chi connectivity index (χ0n) is 10.9. The number of benzene rings is 1. The lowest BCUT2D eigenvalue weighted by molar-refractivity contribution is -0.385. The van der Waals surface area contributed by atoms with Gasteiger partial charge in [0.1, 0.15) is 5.56 Å². The third kappa shape index (κ3) is 4.48. The van der Waals surface area contributed by atoms with E-state index in [1.54, 1.807) is 6.92 Å². The summed E-state index contributed by atoms with van der Waals surface area (Å²) < 4.78 is 26.1. The van der Waals surface area contributed by atoms with Crippen LogP contribution in [0.2, 0.25) is 0 Å². The molecule has 7 nitrogen and oxygen atoms in total. The number of nitro benzene ring substituents is 1. The minimum atomic E-state index is -1.43. The number of carboxylic acid groups (broad SMARTS) is 1. The summed E-state index contributed by atoms with van der Waals surface area (Å²) in [5, 5.41) is 21.5. The van der Waals surface area contributed by atoms with Gasteiger partial charge in [0.2, 0.25) is 0 Å². The van der Waals surface area contributed by atoms with Crippen LogP contribution in [0.15, 0.2) is 12.1 Å². The van der Waals surface area contributed by atoms with Gasteiger partial charge in [-0.15, -0.1) is 0 Å². The molecule has 0 fully saturated rings. The van der Waals surface area contributed by atoms with Crippen LogP contribution < -0.4 is 5.32 Å². The van der Waals surface area contributed by atoms with E-state index >= 15 is 0 Å². The molecule has 0 saturated carbocycles. The lowest BCUT2D eigenvalue weighted by Gasteiger charge is -2.10. The molecule has 0 aliphatic heterocycles. The van der Waals surface area contributed by atoms with Crippen molar-refractivity contribution in [2.24, 2.45) is 5.92 Å². The number of carbonyl (C=O) groups is 2. The van der Waals surface area contributed by atoms with Crippen LogP contribution in [0.5, 0.6) is 0 Å². The highest BCUT2D eigenvalue weighted by Crippen LogP contribution is 2.22. The number of nitrogens with one attached hydrogen (secondary N) is 1. The van der Waals surface area contributed by atoms with E-state index < -0.39 is 45.6 Å². The molecule has 1 aromatic rings. The molecule has 1 unspecified atom stereocenters. The molecule has 21 heavy (non-hydrogen) atoms. The van der Waals surface area contributed by atoms with Crippen LogP contribution in [0.1, 0.15) is 23.7 Å². The van der Waals surface area contributed by atoms with E-state index in [4.69, 9.17) is 5.11 Å². The fourth-order valence-corrected chi connectivity index (χ4v) is 1.60. The quantitative estimate of drug-likeness (QED) is 0.614. The molecule has 2 N–H and O–H groups in total. The molecule has 114 valence electrons. The zero-order chi connectivity index (χ0) is 16.2. The van der Waals surface area contributed by atoms with Gasteiger partial charge in [-0.05, 0) is 12.0 Å². The highest BCUT2D eigenvalue weighted by atomic mass is 19.2. The molecule has 0 aliphatic rings. The number of halogens is 2. The van der Waals surface area contributed by atoms with Gasteiger partial charge in [-0.25, -0.2) is 8.78 Å². The van der Waals surface area contributed by atoms with E-state index in [9.17, 15) is 28.5 Å². The van der Waals surface area contributed by atoms with Gasteiger partial charge < -0.3 is 10.4 Å². The van der Waals surface area contributed by atoms with E-state index in [1.807, 2.05) is 0 Å². The van der Waals surface area contributed by atoms with Crippen molar-refractivity contribution < 1.29 is 28.4 Å². The Balaban J connectivity index is 2.89. The summed E-state index contributed by atoms with van der Waals surface area (Å²) in [6.07, 6.45) is -0.208. The minimum absolute atomic E-state index is 0.0682. The minimum Gasteiger partial charge on any atom is -0.481 e. The first-order valence-electron chi connectivity index (χ1n) is 5.85. The summed E-state index contributed by atoms with van der Waals surface area (Å²) in [6, 6.07) is 0.760. The average Bonchev–Trinajstić information content (AvgIpc) is 2.37. The van der Waals surface area contributed by atoms with Crippen molar-refractivity contribution >= 4 is 17.6 Å². The van der Waals surface area contributed by atoms with Gasteiger partial charge in [0.25, 0.3) is 11.6 Å². The Morgan fingerprint density at radius 3 is 2.48 bits per heavy atom. The Bertz CT molecular complexity index is 591. The molecular weight excluding hydrogens is 290 g/mol. The second kappa shape index (κ2) is 6.73. The van der Waals surface area contributed by atoms with Gasteiger partial charge in [0.15, 0.2) is 11.6 Å². The van der Waals surface area contributed by atoms with Crippen LogP contribution in [0, 0.1) is 27.7 Å². The monoisotopic (exact) mass is 302 g/mol. The first kappa shape index (κ1) is 16.5. The first-order valence-corrected chi connectivity index (χ1v) is 5.85. The first-order chi connectivity index (χ1) is 9.72. The highest BCUT2D eigenvalue weighted by molar-refractivity contribution is 5.98. The predicted molar refractivity (Wildman–Crippen MR) is 66.8 cm³/mol. The van der Waals surface area contributed by atoms with Crippen LogP contribution in [0.25, 0.3) is 0 Å². The Morgan fingerprint density at radius 2 is 1.95 bits per heavy atom. The van der Waals surface area contributed by atoms with Crippen molar-refractivity contribution in [1.29, 1.82) is 0 Å². The van der Waals surface area contributed by atoms with Crippen LogP contribution in [-0.4, -0.2) is 28.5 Å². The number of carboxylic acids is 1. The SMILES string of the molecule is CC(CNC(=O)c1cc(F)c(F)cc1[N+](=O)[O-])CC(=O)O. The molecule has 0 saturated heterocycles. The lowest BCUT2D eigenvalue weighted by atomic mass is 10.1. The molecule has 0 radical (unpaired) electrons. The summed E-state index contributed by atoms with van der Waals surface area (Å²) in [7, 11) is 0. The predicted octanol–water partition coefficient (Wildman–Crippen LogP) is 1.71. The van der Waals surface area contributed by atoms with Crippen LogP contribution >= 0.6 is 0 Å². The molecule has 0 bridgehead atoms. The van der Waals surface area contributed by atoms with Crippen molar-refractivity contribution in [1.82, 2.24) is 5.32 Å². The fourth-order valence-electron chi connectivity index (χ4n) is 1.60. The molecule has 9 heteroatoms. The Hall–Kier alpha value is -2.58. The zero-order valence-corrected chi connectivity index (χ0v) is 10.9. The molecular formula is C12H12F2N2O5. The number of carbonyl (C=O) groups excluding carboxylic acids is 1. The number of hydrogen-bond donors (Lipinski definition) is 2. The smallest absolute Gasteiger partial charge is 0.303 e. The van der Waals surface area contributed by atoms with E-state index in [-0.39, 0.29) is 13.0 Å². The molecule has 0 spiro atoms. The molecule has 0 aliphatic carbocycles. The van der Waals surface area contributed by atoms with Gasteiger partial charge in [0.05, 0.1) is 11.0 Å². The summed E-state index contributed by atoms with van der Waals surface area (Å²) in [4.78, 5) is 32.0. The van der Waals surface area contributed by atoms with Crippen molar-refractivity contribution in [3.8, 4) is 0 Å². The van der Waals surface area contributed by atoms with Crippen LogP contribution in [0.3, 0.4) is 0 Å². The Labute approximate surface area is 117 Å². The standard InChI is InChI=1S/C12H12F2N2O5/c1-6(2-11(17)18)5-15-12(19)7-3-8(13)9(14)4-10(7)16(20)21/h3-4,6H,2,5H2,1H3,(H,15,19)(H,17,18). The Kier molecular flexibility index (Phi) is 5.28. The third-order valence-corrected chi connectivity index (χ3v) is 2.61. The molecule has 1 amide bonds. The highest BCUT2D eigenvalue weighted by Gasteiger charge is 2.24. The Morgan fingerprint density at radius 1 is 1.38 bits per heavy atom. The van der Waals surface area contributed by atoms with Gasteiger partial charge in [-0.1, -0.05) is 6.92 Å². The van der Waals surface area contributed by atoms with Crippen molar-refractivity contribution in [2.75, 3.05) is 6.54 Å². The van der Waals surface area contributed by atoms with Gasteiger partial charge in [0, 0.05) is 13.0 Å². The number of aliphatic carboxylic acids is 1. The molecule has 1 atom stereocenters. The second-order valence-electron chi connectivity index (χ2n) is 4.45. The maximum atomic E-state index is 13.1. The number of rotatable bonds is 6. The van der Waals surface area contributed by atoms with E-state index in [0.717, 1.165) is 0 Å². The van der Waals surface area contributed by atoms with Gasteiger partial charge >= 0.3 is 5.97 Å². The number of nitrogens with zero attached hydrogens (tertiary/aromatic N) is 1. The van der Waals surface area contributed by atoms with Gasteiger partial charge in [-0.2, -0.15) is 0 Å². The van der Waals surface area contributed by atoms with E-state index in [2.05, 4.69) is 5.32 Å².